The topological polar surface area (TPSA) is 169 Å². The van der Waals surface area contributed by atoms with Gasteiger partial charge in [0, 0.05) is 12.8 Å². The molecule has 0 saturated carbocycles. The first-order valence-electron chi connectivity index (χ1n) is 16.9. The van der Waals surface area contributed by atoms with Gasteiger partial charge in [-0.3, -0.25) is 18.6 Å². The van der Waals surface area contributed by atoms with E-state index in [4.69, 9.17) is 9.26 Å². The molecule has 0 saturated heterocycles. The average Bonchev–Trinajstić information content (AvgIpc) is 3.00. The molecule has 1 amide bonds. The number of unbranched alkanes of at least 4 members (excludes halogenated alkanes) is 13. The van der Waals surface area contributed by atoms with Gasteiger partial charge in [-0.1, -0.05) is 102 Å². The molecule has 3 atom stereocenters. The highest BCUT2D eigenvalue weighted by Crippen LogP contribution is 2.43. The van der Waals surface area contributed by atoms with Crippen LogP contribution in [0.5, 0.6) is 0 Å². The number of nitrogens with one attached hydrogen (secondary N) is 1. The first kappa shape index (κ1) is 43.0. The summed E-state index contributed by atoms with van der Waals surface area (Å²) < 4.78 is 26.5. The third-order valence-electron chi connectivity index (χ3n) is 6.99. The van der Waals surface area contributed by atoms with Gasteiger partial charge in [0.05, 0.1) is 13.2 Å². The molecule has 0 heterocycles. The Morgan fingerprint density at radius 1 is 0.711 bits per heavy atom. The minimum atomic E-state index is -4.74. The predicted molar refractivity (Wildman–Crippen MR) is 176 cm³/mol. The Kier molecular flexibility index (Phi) is 28.0. The number of aliphatic carboxylic acids is 1. The number of esters is 1. The van der Waals surface area contributed by atoms with Gasteiger partial charge >= 0.3 is 19.8 Å². The molecule has 0 fully saturated rings. The fourth-order valence-electron chi connectivity index (χ4n) is 4.28. The second-order valence-electron chi connectivity index (χ2n) is 11.4. The van der Waals surface area contributed by atoms with Crippen LogP contribution in [-0.4, -0.2) is 64.9 Å². The van der Waals surface area contributed by atoms with Crippen molar-refractivity contribution in [2.24, 2.45) is 0 Å². The van der Waals surface area contributed by atoms with Gasteiger partial charge in [0.25, 0.3) is 0 Å². The maximum absolute atomic E-state index is 12.2. The van der Waals surface area contributed by atoms with Gasteiger partial charge in [-0.05, 0) is 44.9 Å². The lowest BCUT2D eigenvalue weighted by atomic mass is 10.1. The quantitative estimate of drug-likeness (QED) is 0.0259. The van der Waals surface area contributed by atoms with Crippen LogP contribution >= 0.6 is 7.82 Å². The standard InChI is InChI=1S/C33H60NO10P/c1-3-5-7-9-11-12-13-14-15-16-17-18-19-20-22-24-31(36)34-30(33(38)39)28-44-45(40,41)43-27-29(35)26-42-32(37)25-23-21-10-8-6-4-2/h11-12,14-15,29-30,35H,3-10,13,16-28H2,1-2H3,(H,34,36)(H,38,39)(H,40,41)/b12-11-,15-14-. The number of hydrogen-bond donors (Lipinski definition) is 4. The number of allylic oxidation sites excluding steroid dienone is 4. The molecule has 45 heavy (non-hydrogen) atoms. The fourth-order valence-corrected chi connectivity index (χ4v) is 5.06. The highest BCUT2D eigenvalue weighted by molar-refractivity contribution is 7.47. The van der Waals surface area contributed by atoms with Gasteiger partial charge < -0.3 is 25.2 Å². The van der Waals surface area contributed by atoms with Crippen molar-refractivity contribution in [1.82, 2.24) is 5.32 Å². The lowest BCUT2D eigenvalue weighted by molar-refractivity contribution is -0.147. The number of carbonyl (C=O) groups is 3. The van der Waals surface area contributed by atoms with Crippen molar-refractivity contribution in [3.8, 4) is 0 Å². The molecule has 0 aliphatic heterocycles. The molecule has 0 rings (SSSR count). The fraction of sp³-hybridized carbons (Fsp3) is 0.788. The Morgan fingerprint density at radius 3 is 1.84 bits per heavy atom. The maximum atomic E-state index is 12.2. The van der Waals surface area contributed by atoms with E-state index < -0.39 is 57.6 Å². The molecule has 0 aliphatic carbocycles. The van der Waals surface area contributed by atoms with E-state index in [1.54, 1.807) is 0 Å². The molecular formula is C33H60NO10P. The smallest absolute Gasteiger partial charge is 0.472 e. The van der Waals surface area contributed by atoms with Gasteiger partial charge in [0.1, 0.15) is 12.7 Å². The molecule has 0 aromatic heterocycles. The lowest BCUT2D eigenvalue weighted by Crippen LogP contribution is -2.43. The predicted octanol–water partition coefficient (Wildman–Crippen LogP) is 7.16. The highest BCUT2D eigenvalue weighted by Gasteiger charge is 2.28. The highest BCUT2D eigenvalue weighted by atomic mass is 31.2. The number of hydrogen-bond acceptors (Lipinski definition) is 8. The van der Waals surface area contributed by atoms with Crippen LogP contribution in [0, 0.1) is 0 Å². The number of carboxylic acid groups (broad SMARTS) is 1. The first-order chi connectivity index (χ1) is 21.6. The second-order valence-corrected chi connectivity index (χ2v) is 12.8. The van der Waals surface area contributed by atoms with E-state index in [-0.39, 0.29) is 12.8 Å². The molecule has 0 aromatic rings. The van der Waals surface area contributed by atoms with E-state index in [2.05, 4.69) is 48.0 Å². The van der Waals surface area contributed by atoms with Crippen molar-refractivity contribution in [3.05, 3.63) is 24.3 Å². The summed E-state index contributed by atoms with van der Waals surface area (Å²) in [6, 6.07) is -1.55. The number of aliphatic hydroxyl groups excluding tert-OH is 1. The van der Waals surface area contributed by atoms with Crippen LogP contribution in [0.15, 0.2) is 24.3 Å². The zero-order chi connectivity index (χ0) is 33.6. The third kappa shape index (κ3) is 29.1. The molecule has 0 bridgehead atoms. The van der Waals surface area contributed by atoms with Gasteiger partial charge in [-0.25, -0.2) is 9.36 Å². The maximum Gasteiger partial charge on any atom is 0.472 e. The van der Waals surface area contributed by atoms with Crippen LogP contribution < -0.4 is 5.32 Å². The van der Waals surface area contributed by atoms with Crippen LogP contribution in [0.25, 0.3) is 0 Å². The van der Waals surface area contributed by atoms with Crippen LogP contribution in [-0.2, 0) is 32.7 Å². The number of rotatable bonds is 31. The molecule has 0 aromatic carbocycles. The summed E-state index contributed by atoms with van der Waals surface area (Å²) in [5, 5.41) is 21.6. The summed E-state index contributed by atoms with van der Waals surface area (Å²) in [5.41, 5.74) is 0. The van der Waals surface area contributed by atoms with E-state index in [0.717, 1.165) is 77.0 Å². The molecule has 0 radical (unpaired) electrons. The van der Waals surface area contributed by atoms with Crippen molar-refractivity contribution in [2.75, 3.05) is 19.8 Å². The van der Waals surface area contributed by atoms with E-state index in [1.165, 1.54) is 19.3 Å². The lowest BCUT2D eigenvalue weighted by Gasteiger charge is -2.18. The minimum Gasteiger partial charge on any atom is -0.480 e. The van der Waals surface area contributed by atoms with Gasteiger partial charge in [-0.15, -0.1) is 0 Å². The summed E-state index contributed by atoms with van der Waals surface area (Å²) in [6.45, 7) is 2.43. The molecule has 262 valence electrons. The molecule has 12 heteroatoms. The largest absolute Gasteiger partial charge is 0.480 e. The normalized spacial score (nSPS) is 14.4. The number of phosphoric ester groups is 1. The number of amides is 1. The van der Waals surface area contributed by atoms with Crippen molar-refractivity contribution in [3.63, 3.8) is 0 Å². The Labute approximate surface area is 270 Å². The summed E-state index contributed by atoms with van der Waals surface area (Å²) in [6.07, 6.45) is 25.3. The molecule has 4 N–H and O–H groups in total. The van der Waals surface area contributed by atoms with Gasteiger partial charge in [0.15, 0.2) is 6.04 Å². The summed E-state index contributed by atoms with van der Waals surface area (Å²) in [5.74, 6) is -2.41. The van der Waals surface area contributed by atoms with E-state index >= 15 is 0 Å². The molecule has 3 unspecified atom stereocenters. The SMILES string of the molecule is CCCCC/C=C\C/C=C\CCCCCCCC(=O)NC(COP(=O)(O)OCC(O)COC(=O)CCCCCCCC)C(=O)O. The summed E-state index contributed by atoms with van der Waals surface area (Å²) in [4.78, 5) is 45.3. The number of carbonyl (C=O) groups excluding carboxylic acids is 2. The van der Waals surface area contributed by atoms with Crippen molar-refractivity contribution >= 4 is 25.7 Å². The Balaban J connectivity index is 4.05. The Morgan fingerprint density at radius 2 is 1.22 bits per heavy atom. The van der Waals surface area contributed by atoms with Crippen LogP contribution in [0.3, 0.4) is 0 Å². The average molecular weight is 662 g/mol. The number of carboxylic acids is 1. The number of ether oxygens (including phenoxy) is 1. The van der Waals surface area contributed by atoms with Crippen molar-refractivity contribution in [2.45, 2.75) is 148 Å². The minimum absolute atomic E-state index is 0.130. The zero-order valence-corrected chi connectivity index (χ0v) is 28.6. The van der Waals surface area contributed by atoms with Gasteiger partial charge in [-0.2, -0.15) is 0 Å². The number of aliphatic hydroxyl groups is 1. The van der Waals surface area contributed by atoms with Gasteiger partial charge in [0.2, 0.25) is 5.91 Å². The molecule has 0 aliphatic rings. The van der Waals surface area contributed by atoms with Crippen LogP contribution in [0.2, 0.25) is 0 Å². The monoisotopic (exact) mass is 661 g/mol. The molecular weight excluding hydrogens is 601 g/mol. The molecule has 0 spiro atoms. The third-order valence-corrected chi connectivity index (χ3v) is 7.94. The Bertz CT molecular complexity index is 880. The number of phosphoric acid groups is 1. The van der Waals surface area contributed by atoms with E-state index in [1.807, 2.05) is 0 Å². The second kappa shape index (κ2) is 29.4. The van der Waals surface area contributed by atoms with E-state index in [0.29, 0.717) is 12.8 Å². The van der Waals surface area contributed by atoms with Crippen molar-refractivity contribution < 1.29 is 47.8 Å². The first-order valence-corrected chi connectivity index (χ1v) is 18.4. The van der Waals surface area contributed by atoms with Crippen LogP contribution in [0.1, 0.15) is 136 Å². The van der Waals surface area contributed by atoms with E-state index in [9.17, 15) is 34.1 Å². The summed E-state index contributed by atoms with van der Waals surface area (Å²) >= 11 is 0. The van der Waals surface area contributed by atoms with Crippen LogP contribution in [0.4, 0.5) is 0 Å². The Hall–Kier alpha value is -2.04. The zero-order valence-electron chi connectivity index (χ0n) is 27.7. The molecule has 11 nitrogen and oxygen atoms in total. The summed E-state index contributed by atoms with van der Waals surface area (Å²) in [7, 11) is -4.74. The van der Waals surface area contributed by atoms with Crippen molar-refractivity contribution in [1.29, 1.82) is 0 Å².